The Bertz CT molecular complexity index is 858. The quantitative estimate of drug-likeness (QED) is 0.734. The summed E-state index contributed by atoms with van der Waals surface area (Å²) in [5.41, 5.74) is 5.20. The van der Waals surface area contributed by atoms with Gasteiger partial charge in [-0.2, -0.15) is 0 Å². The third-order valence-corrected chi connectivity index (χ3v) is 4.15. The highest BCUT2D eigenvalue weighted by Gasteiger charge is 2.11. The maximum atomic E-state index is 12.1. The number of anilines is 2. The number of hydrogen-bond acceptors (Lipinski definition) is 2. The van der Waals surface area contributed by atoms with Gasteiger partial charge in [0.25, 0.3) is 0 Å². The zero-order valence-electron chi connectivity index (χ0n) is 14.0. The van der Waals surface area contributed by atoms with Crippen molar-refractivity contribution in [3.63, 3.8) is 0 Å². The zero-order valence-corrected chi connectivity index (χ0v) is 14.8. The average molecular weight is 345 g/mol. The number of rotatable bonds is 3. The molecule has 0 spiro atoms. The predicted octanol–water partition coefficient (Wildman–Crippen LogP) is 4.51. The molecule has 2 aromatic heterocycles. The van der Waals surface area contributed by atoms with Crippen molar-refractivity contribution in [3.05, 3.63) is 54.0 Å². The van der Waals surface area contributed by atoms with Gasteiger partial charge in [0.2, 0.25) is 0 Å². The topological polar surface area (TPSA) is 59.0 Å². The Balaban J connectivity index is 0.00000208. The second kappa shape index (κ2) is 7.36. The van der Waals surface area contributed by atoms with E-state index in [1.807, 2.05) is 18.2 Å². The first-order valence-corrected chi connectivity index (χ1v) is 7.66. The van der Waals surface area contributed by atoms with Gasteiger partial charge in [-0.05, 0) is 49.2 Å². The van der Waals surface area contributed by atoms with Gasteiger partial charge in [-0.1, -0.05) is 6.92 Å². The first kappa shape index (κ1) is 17.8. The van der Waals surface area contributed by atoms with E-state index in [9.17, 15) is 4.79 Å². The smallest absolute Gasteiger partial charge is 0.323 e. The molecule has 2 heterocycles. The minimum absolute atomic E-state index is 0. The molecule has 6 heteroatoms. The van der Waals surface area contributed by atoms with Gasteiger partial charge in [0.05, 0.1) is 11.9 Å². The molecule has 0 unspecified atom stereocenters. The van der Waals surface area contributed by atoms with Gasteiger partial charge in [-0.25, -0.2) is 4.79 Å². The molecule has 0 saturated carbocycles. The molecule has 0 aliphatic heterocycles. The van der Waals surface area contributed by atoms with E-state index in [0.717, 1.165) is 12.1 Å². The van der Waals surface area contributed by atoms with Crippen molar-refractivity contribution in [1.29, 1.82) is 0 Å². The summed E-state index contributed by atoms with van der Waals surface area (Å²) in [6.45, 7) is 4.28. The van der Waals surface area contributed by atoms with Gasteiger partial charge in [-0.3, -0.25) is 4.98 Å². The van der Waals surface area contributed by atoms with Crippen molar-refractivity contribution in [2.75, 3.05) is 10.6 Å². The van der Waals surface area contributed by atoms with Crippen molar-refractivity contribution in [1.82, 2.24) is 9.55 Å². The molecule has 0 radical (unpaired) electrons. The summed E-state index contributed by atoms with van der Waals surface area (Å²) in [6, 6.07) is 9.30. The van der Waals surface area contributed by atoms with E-state index in [1.54, 1.807) is 24.5 Å². The Morgan fingerprint density at radius 1 is 1.21 bits per heavy atom. The van der Waals surface area contributed by atoms with Crippen LogP contribution in [0, 0.1) is 6.92 Å². The molecule has 24 heavy (non-hydrogen) atoms. The molecule has 2 amide bonds. The summed E-state index contributed by atoms with van der Waals surface area (Å²) >= 11 is 0. The molecule has 0 bridgehead atoms. The monoisotopic (exact) mass is 344 g/mol. The van der Waals surface area contributed by atoms with E-state index in [4.69, 9.17) is 0 Å². The van der Waals surface area contributed by atoms with Crippen LogP contribution >= 0.6 is 12.4 Å². The van der Waals surface area contributed by atoms with Crippen molar-refractivity contribution in [2.24, 2.45) is 7.05 Å². The maximum absolute atomic E-state index is 12.1. The van der Waals surface area contributed by atoms with Crippen LogP contribution in [0.1, 0.15) is 18.2 Å². The molecule has 5 nitrogen and oxygen atoms in total. The van der Waals surface area contributed by atoms with Gasteiger partial charge in [0.1, 0.15) is 0 Å². The molecular formula is C18H21ClN4O. The molecule has 3 rings (SSSR count). The molecule has 1 aromatic carbocycles. The van der Waals surface area contributed by atoms with E-state index in [2.05, 4.69) is 41.1 Å². The zero-order chi connectivity index (χ0) is 16.4. The Morgan fingerprint density at radius 2 is 1.96 bits per heavy atom. The van der Waals surface area contributed by atoms with E-state index < -0.39 is 0 Å². The number of benzene rings is 1. The van der Waals surface area contributed by atoms with Crippen LogP contribution in [0.5, 0.6) is 0 Å². The standard InChI is InChI=1S/C18H20N4O.ClH/c1-4-15-12(2)22(3)17-8-7-13(10-16(15)17)20-18(23)21-14-6-5-9-19-11-14;/h5-11H,4H2,1-3H3,(H2,20,21,23);1H. The lowest BCUT2D eigenvalue weighted by Gasteiger charge is -2.08. The fourth-order valence-electron chi connectivity index (χ4n) is 2.90. The summed E-state index contributed by atoms with van der Waals surface area (Å²) in [5.74, 6) is 0. The van der Waals surface area contributed by atoms with Gasteiger partial charge < -0.3 is 15.2 Å². The van der Waals surface area contributed by atoms with Crippen LogP contribution in [-0.2, 0) is 13.5 Å². The van der Waals surface area contributed by atoms with Crippen molar-refractivity contribution in [2.45, 2.75) is 20.3 Å². The highest BCUT2D eigenvalue weighted by atomic mass is 35.5. The summed E-state index contributed by atoms with van der Waals surface area (Å²) < 4.78 is 2.19. The molecular weight excluding hydrogens is 324 g/mol. The van der Waals surface area contributed by atoms with Crippen LogP contribution in [0.2, 0.25) is 0 Å². The number of carbonyl (C=O) groups excluding carboxylic acids is 1. The van der Waals surface area contributed by atoms with Crippen LogP contribution in [0.4, 0.5) is 16.2 Å². The van der Waals surface area contributed by atoms with Crippen molar-refractivity contribution in [3.8, 4) is 0 Å². The van der Waals surface area contributed by atoms with E-state index >= 15 is 0 Å². The number of hydrogen-bond donors (Lipinski definition) is 2. The second-order valence-corrected chi connectivity index (χ2v) is 5.53. The van der Waals surface area contributed by atoms with E-state index in [0.29, 0.717) is 5.69 Å². The van der Waals surface area contributed by atoms with Crippen molar-refractivity contribution >= 4 is 40.7 Å². The fraction of sp³-hybridized carbons (Fsp3) is 0.222. The third-order valence-electron chi connectivity index (χ3n) is 4.15. The number of nitrogens with one attached hydrogen (secondary N) is 2. The minimum Gasteiger partial charge on any atom is -0.348 e. The number of nitrogens with zero attached hydrogens (tertiary/aromatic N) is 2. The highest BCUT2D eigenvalue weighted by molar-refractivity contribution is 6.01. The molecule has 126 valence electrons. The van der Waals surface area contributed by atoms with Crippen LogP contribution in [0.15, 0.2) is 42.7 Å². The summed E-state index contributed by atoms with van der Waals surface area (Å²) in [4.78, 5) is 16.1. The first-order chi connectivity index (χ1) is 11.1. The maximum Gasteiger partial charge on any atom is 0.323 e. The Labute approximate surface area is 147 Å². The summed E-state index contributed by atoms with van der Waals surface area (Å²) in [6.07, 6.45) is 4.24. The van der Waals surface area contributed by atoms with Crippen molar-refractivity contribution < 1.29 is 4.79 Å². The number of carbonyl (C=O) groups is 1. The predicted molar refractivity (Wildman–Crippen MR) is 101 cm³/mol. The lowest BCUT2D eigenvalue weighted by Crippen LogP contribution is -2.19. The lowest BCUT2D eigenvalue weighted by molar-refractivity contribution is 0.262. The number of fused-ring (bicyclic) bond motifs is 1. The average Bonchev–Trinajstić information content (AvgIpc) is 2.79. The molecule has 0 atom stereocenters. The highest BCUT2D eigenvalue weighted by Crippen LogP contribution is 2.28. The number of amides is 2. The Kier molecular flexibility index (Phi) is 5.46. The molecule has 3 aromatic rings. The van der Waals surface area contributed by atoms with Crippen LogP contribution in [0.3, 0.4) is 0 Å². The minimum atomic E-state index is -0.275. The molecule has 0 aliphatic rings. The number of aryl methyl sites for hydroxylation is 2. The summed E-state index contributed by atoms with van der Waals surface area (Å²) in [7, 11) is 2.07. The Hall–Kier alpha value is -2.53. The fourth-order valence-corrected chi connectivity index (χ4v) is 2.90. The van der Waals surface area contributed by atoms with Gasteiger partial charge >= 0.3 is 6.03 Å². The van der Waals surface area contributed by atoms with Gasteiger partial charge in [-0.15, -0.1) is 12.4 Å². The first-order valence-electron chi connectivity index (χ1n) is 7.66. The van der Waals surface area contributed by atoms with Crippen LogP contribution in [-0.4, -0.2) is 15.6 Å². The normalized spacial score (nSPS) is 10.3. The van der Waals surface area contributed by atoms with Gasteiger partial charge in [0.15, 0.2) is 0 Å². The number of aromatic nitrogens is 2. The lowest BCUT2D eigenvalue weighted by atomic mass is 10.1. The summed E-state index contributed by atoms with van der Waals surface area (Å²) in [5, 5.41) is 6.83. The second-order valence-electron chi connectivity index (χ2n) is 5.53. The Morgan fingerprint density at radius 3 is 2.62 bits per heavy atom. The molecule has 0 saturated heterocycles. The number of halogens is 1. The van der Waals surface area contributed by atoms with Crippen LogP contribution in [0.25, 0.3) is 10.9 Å². The largest absolute Gasteiger partial charge is 0.348 e. The van der Waals surface area contributed by atoms with Gasteiger partial charge in [0, 0.05) is 35.5 Å². The molecule has 0 fully saturated rings. The SMILES string of the molecule is CCc1c(C)n(C)c2ccc(NC(=O)Nc3cccnc3)cc12.Cl. The number of urea groups is 1. The molecule has 0 aliphatic carbocycles. The molecule has 2 N–H and O–H groups in total. The van der Waals surface area contributed by atoms with Crippen LogP contribution < -0.4 is 10.6 Å². The number of pyridine rings is 1. The van der Waals surface area contributed by atoms with E-state index in [-0.39, 0.29) is 18.4 Å². The van der Waals surface area contributed by atoms with E-state index in [1.165, 1.54) is 22.2 Å². The third kappa shape index (κ3) is 3.36.